The summed E-state index contributed by atoms with van der Waals surface area (Å²) in [6.07, 6.45) is 5.44. The Morgan fingerprint density at radius 2 is 1.81 bits per heavy atom. The molecule has 2 rings (SSSR count). The summed E-state index contributed by atoms with van der Waals surface area (Å²) in [7, 11) is -3.40. The number of carbonyl (C=O) groups is 1. The zero-order valence-corrected chi connectivity index (χ0v) is 19.2. The van der Waals surface area contributed by atoms with Gasteiger partial charge < -0.3 is 10.1 Å². The Morgan fingerprint density at radius 1 is 1.09 bits per heavy atom. The molecule has 0 aliphatic heterocycles. The Morgan fingerprint density at radius 3 is 2.50 bits per heavy atom. The summed E-state index contributed by atoms with van der Waals surface area (Å²) in [5.41, 5.74) is 1.88. The molecular weight excluding hydrogens is 426 g/mol. The highest BCUT2D eigenvalue weighted by molar-refractivity contribution is 7.92. The van der Waals surface area contributed by atoms with E-state index in [9.17, 15) is 13.2 Å². The molecule has 0 saturated heterocycles. The molecule has 1 amide bonds. The summed E-state index contributed by atoms with van der Waals surface area (Å²) < 4.78 is 30.9. The van der Waals surface area contributed by atoms with Crippen molar-refractivity contribution in [1.29, 1.82) is 0 Å². The molecule has 32 heavy (non-hydrogen) atoms. The highest BCUT2D eigenvalue weighted by atomic mass is 32.2. The maximum atomic E-state index is 12.3. The number of amides is 1. The molecule has 172 valence electrons. The van der Waals surface area contributed by atoms with Crippen molar-refractivity contribution in [1.82, 2.24) is 10.2 Å². The number of anilines is 1. The number of hydrogen-bond acceptors (Lipinski definition) is 5. The quantitative estimate of drug-likeness (QED) is 0.335. The monoisotopic (exact) mass is 457 g/mol. The minimum absolute atomic E-state index is 0.270. The number of ether oxygens (including phenoxy) is 1. The second-order valence-corrected chi connectivity index (χ2v) is 9.08. The van der Waals surface area contributed by atoms with Crippen molar-refractivity contribution in [3.63, 3.8) is 0 Å². The molecule has 0 fully saturated rings. The minimum Gasteiger partial charge on any atom is -0.494 e. The Hall–Kier alpha value is -3.10. The number of nitrogens with zero attached hydrogens (tertiary/aromatic N) is 1. The summed E-state index contributed by atoms with van der Waals surface area (Å²) in [4.78, 5) is 14.5. The van der Waals surface area contributed by atoms with Crippen LogP contribution in [0.3, 0.4) is 0 Å². The van der Waals surface area contributed by atoms with E-state index in [0.717, 1.165) is 37.2 Å². The van der Waals surface area contributed by atoms with E-state index in [0.29, 0.717) is 30.8 Å². The van der Waals surface area contributed by atoms with Crippen LogP contribution in [0.15, 0.2) is 73.8 Å². The zero-order chi connectivity index (χ0) is 23.4. The topological polar surface area (TPSA) is 87.7 Å². The van der Waals surface area contributed by atoms with Gasteiger partial charge in [0.25, 0.3) is 5.91 Å². The third kappa shape index (κ3) is 9.36. The van der Waals surface area contributed by atoms with Gasteiger partial charge in [0.2, 0.25) is 10.0 Å². The maximum absolute atomic E-state index is 12.3. The van der Waals surface area contributed by atoms with Gasteiger partial charge in [-0.15, -0.1) is 13.2 Å². The summed E-state index contributed by atoms with van der Waals surface area (Å²) >= 11 is 0. The molecular formula is C24H31N3O4S. The van der Waals surface area contributed by atoms with Crippen LogP contribution >= 0.6 is 0 Å². The second-order valence-electron chi connectivity index (χ2n) is 7.33. The van der Waals surface area contributed by atoms with Crippen LogP contribution in [0.2, 0.25) is 0 Å². The smallest absolute Gasteiger partial charge is 0.251 e. The summed E-state index contributed by atoms with van der Waals surface area (Å²) in [6.45, 7) is 10.8. The van der Waals surface area contributed by atoms with Crippen molar-refractivity contribution in [2.75, 3.05) is 37.2 Å². The average Bonchev–Trinajstić information content (AvgIpc) is 2.73. The molecule has 0 saturated carbocycles. The van der Waals surface area contributed by atoms with E-state index < -0.39 is 10.0 Å². The van der Waals surface area contributed by atoms with E-state index in [4.69, 9.17) is 4.74 Å². The van der Waals surface area contributed by atoms with Gasteiger partial charge in [-0.1, -0.05) is 30.4 Å². The number of carbonyl (C=O) groups excluding carboxylic acids is 1. The lowest BCUT2D eigenvalue weighted by atomic mass is 10.2. The molecule has 0 atom stereocenters. The first-order valence-electron chi connectivity index (χ1n) is 10.3. The van der Waals surface area contributed by atoms with Gasteiger partial charge in [-0.3, -0.25) is 14.4 Å². The molecule has 2 N–H and O–H groups in total. The van der Waals surface area contributed by atoms with Crippen molar-refractivity contribution in [2.24, 2.45) is 0 Å². The Labute approximate surface area is 190 Å². The molecule has 2 aromatic carbocycles. The molecule has 0 bridgehead atoms. The van der Waals surface area contributed by atoms with Gasteiger partial charge in [-0.05, 0) is 42.3 Å². The largest absolute Gasteiger partial charge is 0.494 e. The van der Waals surface area contributed by atoms with E-state index in [2.05, 4.69) is 34.2 Å². The number of hydrogen-bond donors (Lipinski definition) is 2. The van der Waals surface area contributed by atoms with Crippen molar-refractivity contribution >= 4 is 21.6 Å². The summed E-state index contributed by atoms with van der Waals surface area (Å²) in [5, 5.41) is 2.82. The van der Waals surface area contributed by atoms with E-state index in [1.807, 2.05) is 30.4 Å². The van der Waals surface area contributed by atoms with Gasteiger partial charge >= 0.3 is 0 Å². The predicted molar refractivity (Wildman–Crippen MR) is 129 cm³/mol. The van der Waals surface area contributed by atoms with E-state index >= 15 is 0 Å². The van der Waals surface area contributed by atoms with Crippen LogP contribution in [0, 0.1) is 0 Å². The van der Waals surface area contributed by atoms with Crippen LogP contribution < -0.4 is 14.8 Å². The Balaban J connectivity index is 1.78. The fourth-order valence-corrected chi connectivity index (χ4v) is 3.62. The van der Waals surface area contributed by atoms with Gasteiger partial charge in [-0.25, -0.2) is 8.42 Å². The number of benzene rings is 2. The fourth-order valence-electron chi connectivity index (χ4n) is 3.06. The van der Waals surface area contributed by atoms with E-state index in [-0.39, 0.29) is 5.91 Å². The lowest BCUT2D eigenvalue weighted by Crippen LogP contribution is -2.25. The molecule has 0 unspecified atom stereocenters. The number of nitrogens with one attached hydrogen (secondary N) is 2. The van der Waals surface area contributed by atoms with Gasteiger partial charge in [0.15, 0.2) is 0 Å². The predicted octanol–water partition coefficient (Wildman–Crippen LogP) is 3.43. The van der Waals surface area contributed by atoms with Crippen molar-refractivity contribution in [2.45, 2.75) is 13.0 Å². The summed E-state index contributed by atoms with van der Waals surface area (Å²) in [6, 6.07) is 14.3. The third-order valence-electron chi connectivity index (χ3n) is 4.38. The van der Waals surface area contributed by atoms with Gasteiger partial charge in [-0.2, -0.15) is 0 Å². The molecule has 2 aromatic rings. The van der Waals surface area contributed by atoms with Crippen LogP contribution in [0.4, 0.5) is 5.69 Å². The maximum Gasteiger partial charge on any atom is 0.251 e. The first kappa shape index (κ1) is 25.2. The highest BCUT2D eigenvalue weighted by Crippen LogP contribution is 2.15. The minimum atomic E-state index is -3.40. The molecule has 0 aliphatic carbocycles. The second kappa shape index (κ2) is 12.7. The summed E-state index contributed by atoms with van der Waals surface area (Å²) in [5.74, 6) is 0.513. The molecule has 0 heterocycles. The molecule has 7 nitrogen and oxygen atoms in total. The third-order valence-corrected chi connectivity index (χ3v) is 4.99. The highest BCUT2D eigenvalue weighted by Gasteiger charge is 2.08. The van der Waals surface area contributed by atoms with Gasteiger partial charge in [0.05, 0.1) is 12.9 Å². The number of sulfonamides is 1. The van der Waals surface area contributed by atoms with Crippen LogP contribution in [0.5, 0.6) is 5.75 Å². The van der Waals surface area contributed by atoms with Crippen LogP contribution in [-0.2, 0) is 16.6 Å². The van der Waals surface area contributed by atoms with Crippen LogP contribution in [0.25, 0.3) is 0 Å². The van der Waals surface area contributed by atoms with Crippen LogP contribution in [-0.4, -0.2) is 51.7 Å². The first-order chi connectivity index (χ1) is 15.3. The first-order valence-corrected chi connectivity index (χ1v) is 12.2. The molecule has 0 radical (unpaired) electrons. The molecule has 8 heteroatoms. The SMILES string of the molecule is C=CCN(CC=C)Cc1cccc(OCCCNC(=O)c2cccc(NS(C)(=O)=O)c2)c1. The Bertz CT molecular complexity index is 1010. The normalized spacial score (nSPS) is 11.1. The lowest BCUT2D eigenvalue weighted by Gasteiger charge is -2.19. The standard InChI is InChI=1S/C24H31N3O4S/c1-4-14-27(15-5-2)19-20-9-6-12-23(17-20)31-16-8-13-25-24(28)21-10-7-11-22(18-21)26-32(3,29)30/h4-7,9-12,17-18,26H,1-2,8,13-16,19H2,3H3,(H,25,28). The lowest BCUT2D eigenvalue weighted by molar-refractivity contribution is 0.0951. The number of rotatable bonds is 14. The average molecular weight is 458 g/mol. The Kier molecular flexibility index (Phi) is 9.97. The van der Waals surface area contributed by atoms with Gasteiger partial charge in [0, 0.05) is 37.4 Å². The van der Waals surface area contributed by atoms with E-state index in [1.54, 1.807) is 18.2 Å². The van der Waals surface area contributed by atoms with Crippen molar-refractivity contribution in [3.05, 3.63) is 85.0 Å². The fraction of sp³-hybridized carbons (Fsp3) is 0.292. The molecule has 0 aliphatic rings. The van der Waals surface area contributed by atoms with Gasteiger partial charge in [0.1, 0.15) is 5.75 Å². The zero-order valence-electron chi connectivity index (χ0n) is 18.4. The van der Waals surface area contributed by atoms with Crippen LogP contribution in [0.1, 0.15) is 22.3 Å². The molecule has 0 spiro atoms. The van der Waals surface area contributed by atoms with Crippen molar-refractivity contribution < 1.29 is 17.9 Å². The van der Waals surface area contributed by atoms with Crippen molar-refractivity contribution in [3.8, 4) is 5.75 Å². The molecule has 0 aromatic heterocycles. The van der Waals surface area contributed by atoms with E-state index in [1.165, 1.54) is 6.07 Å².